The van der Waals surface area contributed by atoms with Gasteiger partial charge in [-0.3, -0.25) is 4.79 Å². The van der Waals surface area contributed by atoms with Crippen molar-refractivity contribution in [2.45, 2.75) is 19.4 Å². The summed E-state index contributed by atoms with van der Waals surface area (Å²) in [6.45, 7) is 3.72. The zero-order valence-corrected chi connectivity index (χ0v) is 11.1. The van der Waals surface area contributed by atoms with E-state index in [0.29, 0.717) is 19.7 Å². The Bertz CT molecular complexity index is 341. The second kappa shape index (κ2) is 8.66. The minimum Gasteiger partial charge on any atom is -0.385 e. The first kappa shape index (κ1) is 14.7. The Kier molecular flexibility index (Phi) is 7.06. The zero-order valence-electron chi connectivity index (χ0n) is 11.1. The van der Waals surface area contributed by atoms with Crippen LogP contribution in [-0.2, 0) is 9.53 Å². The lowest BCUT2D eigenvalue weighted by Crippen LogP contribution is -2.35. The van der Waals surface area contributed by atoms with E-state index >= 15 is 0 Å². The second-order valence-corrected chi connectivity index (χ2v) is 4.21. The molecule has 1 rings (SSSR count). The molecule has 0 aliphatic rings. The second-order valence-electron chi connectivity index (χ2n) is 4.21. The van der Waals surface area contributed by atoms with E-state index in [0.717, 1.165) is 6.42 Å². The van der Waals surface area contributed by atoms with E-state index in [1.807, 2.05) is 37.3 Å². The van der Waals surface area contributed by atoms with E-state index < -0.39 is 0 Å². The molecule has 0 radical (unpaired) electrons. The van der Waals surface area contributed by atoms with Gasteiger partial charge in [0, 0.05) is 26.3 Å². The summed E-state index contributed by atoms with van der Waals surface area (Å²) >= 11 is 0. The largest absolute Gasteiger partial charge is 0.385 e. The Morgan fingerprint density at radius 3 is 2.72 bits per heavy atom. The smallest absolute Gasteiger partial charge is 0.233 e. The number of rotatable bonds is 8. The number of carbonyl (C=O) groups excluding carboxylic acids is 1. The third kappa shape index (κ3) is 5.80. The fourth-order valence-corrected chi connectivity index (χ4v) is 1.61. The Morgan fingerprint density at radius 2 is 2.06 bits per heavy atom. The predicted molar refractivity (Wildman–Crippen MR) is 72.4 cm³/mol. The molecular formula is C14H22N2O2. The molecule has 0 spiro atoms. The van der Waals surface area contributed by atoms with Crippen LogP contribution >= 0.6 is 0 Å². The Balaban J connectivity index is 2.18. The molecule has 4 heteroatoms. The Hall–Kier alpha value is -1.39. The molecule has 4 nitrogen and oxygen atoms in total. The van der Waals surface area contributed by atoms with Crippen molar-refractivity contribution in [2.24, 2.45) is 0 Å². The van der Waals surface area contributed by atoms with Crippen LogP contribution in [0.2, 0.25) is 0 Å². The number of carbonyl (C=O) groups is 1. The van der Waals surface area contributed by atoms with Crippen molar-refractivity contribution in [3.8, 4) is 0 Å². The molecule has 1 aromatic carbocycles. The molecule has 1 amide bonds. The van der Waals surface area contributed by atoms with Crippen molar-refractivity contribution in [2.75, 3.05) is 26.8 Å². The third-order valence-electron chi connectivity index (χ3n) is 2.72. The van der Waals surface area contributed by atoms with Crippen LogP contribution in [0, 0.1) is 0 Å². The van der Waals surface area contributed by atoms with Crippen LogP contribution in [0.1, 0.15) is 24.9 Å². The molecule has 0 saturated heterocycles. The van der Waals surface area contributed by atoms with Crippen LogP contribution < -0.4 is 10.6 Å². The lowest BCUT2D eigenvalue weighted by molar-refractivity contribution is -0.120. The molecular weight excluding hydrogens is 228 g/mol. The van der Waals surface area contributed by atoms with E-state index in [-0.39, 0.29) is 11.9 Å². The highest BCUT2D eigenvalue weighted by Crippen LogP contribution is 2.10. The van der Waals surface area contributed by atoms with E-state index in [2.05, 4.69) is 10.6 Å². The molecule has 18 heavy (non-hydrogen) atoms. The predicted octanol–water partition coefficient (Wildman–Crippen LogP) is 1.49. The molecule has 0 aromatic heterocycles. The molecule has 0 unspecified atom stereocenters. The first-order chi connectivity index (χ1) is 8.74. The van der Waals surface area contributed by atoms with Crippen molar-refractivity contribution < 1.29 is 9.53 Å². The summed E-state index contributed by atoms with van der Waals surface area (Å²) in [5.74, 6) is 0.0221. The summed E-state index contributed by atoms with van der Waals surface area (Å²) in [6, 6.07) is 10.3. The number of hydrogen-bond acceptors (Lipinski definition) is 3. The zero-order chi connectivity index (χ0) is 13.2. The highest BCUT2D eigenvalue weighted by Gasteiger charge is 2.06. The van der Waals surface area contributed by atoms with Crippen LogP contribution in [0.15, 0.2) is 30.3 Å². The Labute approximate surface area is 109 Å². The minimum absolute atomic E-state index is 0.0221. The van der Waals surface area contributed by atoms with Crippen molar-refractivity contribution in [1.29, 1.82) is 0 Å². The molecule has 0 heterocycles. The molecule has 2 N–H and O–H groups in total. The SMILES string of the molecule is COCCCNC(=O)CN[C@H](C)c1ccccc1. The van der Waals surface area contributed by atoms with Gasteiger partial charge in [-0.05, 0) is 18.9 Å². The first-order valence-corrected chi connectivity index (χ1v) is 6.28. The van der Waals surface area contributed by atoms with Crippen molar-refractivity contribution >= 4 is 5.91 Å². The van der Waals surface area contributed by atoms with Crippen LogP contribution in [-0.4, -0.2) is 32.7 Å². The van der Waals surface area contributed by atoms with Crippen LogP contribution in [0.3, 0.4) is 0 Å². The topological polar surface area (TPSA) is 50.4 Å². The van der Waals surface area contributed by atoms with Crippen molar-refractivity contribution in [3.63, 3.8) is 0 Å². The van der Waals surface area contributed by atoms with E-state index in [1.165, 1.54) is 5.56 Å². The summed E-state index contributed by atoms with van der Waals surface area (Å²) in [5, 5.41) is 6.04. The summed E-state index contributed by atoms with van der Waals surface area (Å²) in [7, 11) is 1.66. The van der Waals surface area contributed by atoms with Gasteiger partial charge in [-0.15, -0.1) is 0 Å². The van der Waals surface area contributed by atoms with Gasteiger partial charge in [-0.2, -0.15) is 0 Å². The van der Waals surface area contributed by atoms with Crippen molar-refractivity contribution in [3.05, 3.63) is 35.9 Å². The third-order valence-corrected chi connectivity index (χ3v) is 2.72. The maximum absolute atomic E-state index is 11.5. The maximum atomic E-state index is 11.5. The van der Waals surface area contributed by atoms with Crippen LogP contribution in [0.5, 0.6) is 0 Å². The van der Waals surface area contributed by atoms with Gasteiger partial charge in [0.2, 0.25) is 5.91 Å². The average Bonchev–Trinajstić information content (AvgIpc) is 2.42. The highest BCUT2D eigenvalue weighted by molar-refractivity contribution is 5.77. The normalized spacial score (nSPS) is 12.1. The fraction of sp³-hybridized carbons (Fsp3) is 0.500. The number of nitrogens with one attached hydrogen (secondary N) is 2. The molecule has 1 atom stereocenters. The molecule has 0 aliphatic carbocycles. The van der Waals surface area contributed by atoms with Gasteiger partial charge in [0.15, 0.2) is 0 Å². The number of benzene rings is 1. The summed E-state index contributed by atoms with van der Waals surface area (Å²) in [6.07, 6.45) is 0.844. The standard InChI is InChI=1S/C14H22N2O2/c1-12(13-7-4-3-5-8-13)16-11-14(17)15-9-6-10-18-2/h3-5,7-8,12,16H,6,9-11H2,1-2H3,(H,15,17)/t12-/m1/s1. The molecule has 100 valence electrons. The number of hydrogen-bond donors (Lipinski definition) is 2. The van der Waals surface area contributed by atoms with Gasteiger partial charge in [0.05, 0.1) is 6.54 Å². The monoisotopic (exact) mass is 250 g/mol. The number of ether oxygens (including phenoxy) is 1. The molecule has 0 bridgehead atoms. The molecule has 0 saturated carbocycles. The number of amides is 1. The average molecular weight is 250 g/mol. The summed E-state index contributed by atoms with van der Waals surface area (Å²) in [5.41, 5.74) is 1.18. The van der Waals surface area contributed by atoms with Gasteiger partial charge in [-0.25, -0.2) is 0 Å². The van der Waals surface area contributed by atoms with Gasteiger partial charge in [-0.1, -0.05) is 30.3 Å². The highest BCUT2D eigenvalue weighted by atomic mass is 16.5. The van der Waals surface area contributed by atoms with Gasteiger partial charge in [0.25, 0.3) is 0 Å². The van der Waals surface area contributed by atoms with Crippen LogP contribution in [0.4, 0.5) is 0 Å². The van der Waals surface area contributed by atoms with Crippen molar-refractivity contribution in [1.82, 2.24) is 10.6 Å². The summed E-state index contributed by atoms with van der Waals surface area (Å²) in [4.78, 5) is 11.5. The van der Waals surface area contributed by atoms with E-state index in [1.54, 1.807) is 7.11 Å². The number of methoxy groups -OCH3 is 1. The fourth-order valence-electron chi connectivity index (χ4n) is 1.61. The van der Waals surface area contributed by atoms with Gasteiger partial charge < -0.3 is 15.4 Å². The lowest BCUT2D eigenvalue weighted by atomic mass is 10.1. The van der Waals surface area contributed by atoms with Gasteiger partial charge in [0.1, 0.15) is 0 Å². The quantitative estimate of drug-likeness (QED) is 0.687. The maximum Gasteiger partial charge on any atom is 0.233 e. The molecule has 1 aromatic rings. The van der Waals surface area contributed by atoms with Crippen LogP contribution in [0.25, 0.3) is 0 Å². The minimum atomic E-state index is 0.0221. The molecule has 0 fully saturated rings. The summed E-state index contributed by atoms with van der Waals surface area (Å²) < 4.78 is 4.91. The van der Waals surface area contributed by atoms with E-state index in [9.17, 15) is 4.79 Å². The van der Waals surface area contributed by atoms with Gasteiger partial charge >= 0.3 is 0 Å². The van der Waals surface area contributed by atoms with E-state index in [4.69, 9.17) is 4.74 Å². The Morgan fingerprint density at radius 1 is 1.33 bits per heavy atom. The first-order valence-electron chi connectivity index (χ1n) is 6.28. The molecule has 0 aliphatic heterocycles. The lowest BCUT2D eigenvalue weighted by Gasteiger charge is -2.14.